The first-order valence-electron chi connectivity index (χ1n) is 9.67. The van der Waals surface area contributed by atoms with Crippen molar-refractivity contribution >= 4 is 50.8 Å². The second-order valence-electron chi connectivity index (χ2n) is 7.06. The van der Waals surface area contributed by atoms with Crippen LogP contribution in [0.15, 0.2) is 29.3 Å². The molecule has 1 aliphatic rings. The van der Waals surface area contributed by atoms with Gasteiger partial charge in [-0.15, -0.1) is 11.3 Å². The summed E-state index contributed by atoms with van der Waals surface area (Å²) in [6, 6.07) is 5.12. The number of hydrogen-bond acceptors (Lipinski definition) is 8. The Morgan fingerprint density at radius 2 is 1.90 bits per heavy atom. The number of non-ortho nitro benzene ring substituents is 1. The number of hydrogen-bond donors (Lipinski definition) is 2. The van der Waals surface area contributed by atoms with E-state index in [0.717, 1.165) is 34.5 Å². The number of rotatable bonds is 5. The Hall–Kier alpha value is -3.05. The molecule has 2 heterocycles. The van der Waals surface area contributed by atoms with Gasteiger partial charge in [0.05, 0.1) is 10.7 Å². The standard InChI is InChI=1S/C20H19N5O4S2/c1-11-21-19(17-14-4-2-3-5-15(14)31-20(17)22-11)30-10-16(26)23-24-18(27)12-6-8-13(9-7-12)25(28)29/h6-9H,2-5,10H2,1H3,(H,23,26)(H,24,27). The third kappa shape index (κ3) is 4.67. The second-order valence-corrected chi connectivity index (χ2v) is 9.11. The van der Waals surface area contributed by atoms with Crippen molar-refractivity contribution in [2.75, 3.05) is 5.75 Å². The van der Waals surface area contributed by atoms with E-state index in [0.29, 0.717) is 5.82 Å². The SMILES string of the molecule is Cc1nc(SCC(=O)NNC(=O)c2ccc([N+](=O)[O-])cc2)c2c3c(sc2n1)CCCC3. The number of aryl methyl sites for hydroxylation is 3. The molecule has 0 radical (unpaired) electrons. The lowest BCUT2D eigenvalue weighted by atomic mass is 9.97. The van der Waals surface area contributed by atoms with Gasteiger partial charge in [0, 0.05) is 28.0 Å². The van der Waals surface area contributed by atoms with Crippen molar-refractivity contribution in [3.8, 4) is 0 Å². The third-order valence-electron chi connectivity index (χ3n) is 4.89. The molecule has 9 nitrogen and oxygen atoms in total. The Balaban J connectivity index is 1.39. The van der Waals surface area contributed by atoms with Gasteiger partial charge in [-0.2, -0.15) is 0 Å². The van der Waals surface area contributed by atoms with Crippen LogP contribution in [-0.2, 0) is 17.6 Å². The fraction of sp³-hybridized carbons (Fsp3) is 0.300. The molecule has 2 N–H and O–H groups in total. The molecule has 160 valence electrons. The van der Waals surface area contributed by atoms with Crippen LogP contribution in [0.2, 0.25) is 0 Å². The number of nitro benzene ring substituents is 1. The molecule has 0 bridgehead atoms. The van der Waals surface area contributed by atoms with Crippen molar-refractivity contribution in [3.63, 3.8) is 0 Å². The van der Waals surface area contributed by atoms with Gasteiger partial charge < -0.3 is 0 Å². The Bertz CT molecular complexity index is 1180. The number of aromatic nitrogens is 2. The van der Waals surface area contributed by atoms with Crippen LogP contribution >= 0.6 is 23.1 Å². The molecule has 0 aliphatic heterocycles. The summed E-state index contributed by atoms with van der Waals surface area (Å²) < 4.78 is 0. The van der Waals surface area contributed by atoms with Gasteiger partial charge >= 0.3 is 0 Å². The highest BCUT2D eigenvalue weighted by molar-refractivity contribution is 8.00. The fourth-order valence-electron chi connectivity index (χ4n) is 3.43. The van der Waals surface area contributed by atoms with Crippen molar-refractivity contribution in [2.24, 2.45) is 0 Å². The van der Waals surface area contributed by atoms with Crippen LogP contribution in [0.5, 0.6) is 0 Å². The zero-order valence-corrected chi connectivity index (χ0v) is 18.3. The van der Waals surface area contributed by atoms with Crippen LogP contribution in [0.4, 0.5) is 5.69 Å². The third-order valence-corrected chi connectivity index (χ3v) is 7.05. The number of fused-ring (bicyclic) bond motifs is 3. The highest BCUT2D eigenvalue weighted by Gasteiger charge is 2.21. The molecule has 1 aromatic carbocycles. The van der Waals surface area contributed by atoms with Gasteiger partial charge in [0.2, 0.25) is 5.91 Å². The van der Waals surface area contributed by atoms with Gasteiger partial charge in [0.25, 0.3) is 11.6 Å². The first-order chi connectivity index (χ1) is 14.9. The minimum absolute atomic E-state index is 0.0801. The normalized spacial score (nSPS) is 12.9. The number of thioether (sulfide) groups is 1. The number of thiophene rings is 1. The molecule has 0 saturated heterocycles. The van der Waals surface area contributed by atoms with E-state index in [-0.39, 0.29) is 22.9 Å². The van der Waals surface area contributed by atoms with Crippen molar-refractivity contribution in [2.45, 2.75) is 37.6 Å². The number of carbonyl (C=O) groups excluding carboxylic acids is 2. The zero-order chi connectivity index (χ0) is 22.0. The molecule has 1 aliphatic carbocycles. The number of hydrazine groups is 1. The summed E-state index contributed by atoms with van der Waals surface area (Å²) in [5, 5.41) is 12.5. The second kappa shape index (κ2) is 8.98. The number of benzene rings is 1. The molecule has 0 spiro atoms. The first kappa shape index (κ1) is 21.2. The molecule has 0 unspecified atom stereocenters. The van der Waals surface area contributed by atoms with E-state index in [9.17, 15) is 19.7 Å². The number of nitrogens with zero attached hydrogens (tertiary/aromatic N) is 3. The Morgan fingerprint density at radius 3 is 2.65 bits per heavy atom. The molecule has 2 amide bonds. The van der Waals surface area contributed by atoms with E-state index in [1.165, 1.54) is 52.9 Å². The van der Waals surface area contributed by atoms with E-state index < -0.39 is 10.8 Å². The predicted molar refractivity (Wildman–Crippen MR) is 118 cm³/mol. The fourth-order valence-corrected chi connectivity index (χ4v) is 5.71. The zero-order valence-electron chi connectivity index (χ0n) is 16.6. The monoisotopic (exact) mass is 457 g/mol. The minimum atomic E-state index is -0.555. The van der Waals surface area contributed by atoms with E-state index in [2.05, 4.69) is 20.8 Å². The van der Waals surface area contributed by atoms with E-state index in [4.69, 9.17) is 0 Å². The summed E-state index contributed by atoms with van der Waals surface area (Å²) in [6.07, 6.45) is 4.40. The Kier molecular flexibility index (Phi) is 6.14. The van der Waals surface area contributed by atoms with E-state index >= 15 is 0 Å². The molecule has 2 aromatic heterocycles. The van der Waals surface area contributed by atoms with E-state index in [1.807, 2.05) is 6.92 Å². The molecule has 0 atom stereocenters. The summed E-state index contributed by atoms with van der Waals surface area (Å²) >= 11 is 3.03. The highest BCUT2D eigenvalue weighted by atomic mass is 32.2. The van der Waals surface area contributed by atoms with Crippen LogP contribution in [0.1, 0.15) is 39.5 Å². The lowest BCUT2D eigenvalue weighted by Crippen LogP contribution is -2.42. The summed E-state index contributed by atoms with van der Waals surface area (Å²) in [4.78, 5) is 46.0. The highest BCUT2D eigenvalue weighted by Crippen LogP contribution is 2.39. The molecule has 0 saturated carbocycles. The van der Waals surface area contributed by atoms with Crippen molar-refractivity contribution in [3.05, 3.63) is 56.2 Å². The number of nitro groups is 1. The molecular formula is C20H19N5O4S2. The number of nitrogens with one attached hydrogen (secondary N) is 2. The maximum Gasteiger partial charge on any atom is 0.269 e. The summed E-state index contributed by atoms with van der Waals surface area (Å²) in [5.74, 6) is -0.189. The predicted octanol–water partition coefficient (Wildman–Crippen LogP) is 3.34. The molecule has 3 aromatic rings. The van der Waals surface area contributed by atoms with Crippen LogP contribution in [0.25, 0.3) is 10.2 Å². The summed E-state index contributed by atoms with van der Waals surface area (Å²) in [7, 11) is 0. The number of carbonyl (C=O) groups is 2. The Labute approximate surface area is 185 Å². The topological polar surface area (TPSA) is 127 Å². The molecule has 4 rings (SSSR count). The largest absolute Gasteiger partial charge is 0.272 e. The van der Waals surface area contributed by atoms with Crippen LogP contribution < -0.4 is 10.9 Å². The van der Waals surface area contributed by atoms with Gasteiger partial charge in [0.1, 0.15) is 15.7 Å². The van der Waals surface area contributed by atoms with Crippen molar-refractivity contribution < 1.29 is 14.5 Å². The maximum atomic E-state index is 12.3. The smallest absolute Gasteiger partial charge is 0.269 e. The van der Waals surface area contributed by atoms with Gasteiger partial charge in [-0.05, 0) is 50.3 Å². The lowest BCUT2D eigenvalue weighted by Gasteiger charge is -2.12. The van der Waals surface area contributed by atoms with Crippen molar-refractivity contribution in [1.82, 2.24) is 20.8 Å². The van der Waals surface area contributed by atoms with Gasteiger partial charge in [-0.25, -0.2) is 9.97 Å². The Morgan fingerprint density at radius 1 is 1.16 bits per heavy atom. The van der Waals surface area contributed by atoms with Gasteiger partial charge in [-0.1, -0.05) is 11.8 Å². The number of amides is 2. The summed E-state index contributed by atoms with van der Waals surface area (Å²) in [5.41, 5.74) is 6.10. The van der Waals surface area contributed by atoms with Gasteiger partial charge in [0.15, 0.2) is 0 Å². The van der Waals surface area contributed by atoms with Crippen LogP contribution in [-0.4, -0.2) is 32.5 Å². The maximum absolute atomic E-state index is 12.3. The quantitative estimate of drug-likeness (QED) is 0.260. The summed E-state index contributed by atoms with van der Waals surface area (Å²) in [6.45, 7) is 1.84. The van der Waals surface area contributed by atoms with Gasteiger partial charge in [-0.3, -0.25) is 30.6 Å². The molecule has 11 heteroatoms. The lowest BCUT2D eigenvalue weighted by molar-refractivity contribution is -0.384. The van der Waals surface area contributed by atoms with Crippen molar-refractivity contribution in [1.29, 1.82) is 0 Å². The average molecular weight is 458 g/mol. The van der Waals surface area contributed by atoms with Crippen LogP contribution in [0, 0.1) is 17.0 Å². The molecule has 0 fully saturated rings. The molecule has 31 heavy (non-hydrogen) atoms. The van der Waals surface area contributed by atoms with E-state index in [1.54, 1.807) is 11.3 Å². The average Bonchev–Trinajstić information content (AvgIpc) is 3.14. The molecular weight excluding hydrogens is 438 g/mol. The first-order valence-corrected chi connectivity index (χ1v) is 11.5. The minimum Gasteiger partial charge on any atom is -0.272 e. The van der Waals surface area contributed by atoms with Crippen LogP contribution in [0.3, 0.4) is 0 Å².